The number of ketones is 1. The molecule has 78 valence electrons. The van der Waals surface area contributed by atoms with E-state index >= 15 is 0 Å². The SMILES string of the molecule is CC1CCCC(/C=C/C(=O)C(=O)O)C1. The minimum Gasteiger partial charge on any atom is -0.475 e. The van der Waals surface area contributed by atoms with Crippen molar-refractivity contribution in [2.24, 2.45) is 11.8 Å². The molecule has 0 aliphatic heterocycles. The van der Waals surface area contributed by atoms with Crippen molar-refractivity contribution >= 4 is 11.8 Å². The fraction of sp³-hybridized carbons (Fsp3) is 0.636. The van der Waals surface area contributed by atoms with Gasteiger partial charge >= 0.3 is 5.97 Å². The molecule has 0 aromatic heterocycles. The molecule has 1 fully saturated rings. The van der Waals surface area contributed by atoms with E-state index in [-0.39, 0.29) is 0 Å². The van der Waals surface area contributed by atoms with Crippen molar-refractivity contribution in [3.63, 3.8) is 0 Å². The van der Waals surface area contributed by atoms with Crippen LogP contribution in [-0.4, -0.2) is 16.9 Å². The lowest BCUT2D eigenvalue weighted by Gasteiger charge is -2.23. The van der Waals surface area contributed by atoms with Gasteiger partial charge in [0.15, 0.2) is 0 Å². The van der Waals surface area contributed by atoms with E-state index in [0.717, 1.165) is 12.8 Å². The first-order chi connectivity index (χ1) is 6.59. The van der Waals surface area contributed by atoms with Crippen molar-refractivity contribution in [2.45, 2.75) is 32.6 Å². The molecular weight excluding hydrogens is 180 g/mol. The molecule has 0 spiro atoms. The Morgan fingerprint density at radius 3 is 2.64 bits per heavy atom. The molecule has 1 N–H and O–H groups in total. The zero-order valence-electron chi connectivity index (χ0n) is 8.40. The fourth-order valence-electron chi connectivity index (χ4n) is 1.95. The number of carbonyl (C=O) groups is 2. The molecule has 1 rings (SSSR count). The summed E-state index contributed by atoms with van der Waals surface area (Å²) in [5.74, 6) is -1.10. The van der Waals surface area contributed by atoms with Crippen LogP contribution >= 0.6 is 0 Å². The van der Waals surface area contributed by atoms with E-state index in [9.17, 15) is 9.59 Å². The highest BCUT2D eigenvalue weighted by Gasteiger charge is 2.17. The maximum atomic E-state index is 10.8. The van der Waals surface area contributed by atoms with Crippen molar-refractivity contribution in [3.8, 4) is 0 Å². The third-order valence-corrected chi connectivity index (χ3v) is 2.71. The lowest BCUT2D eigenvalue weighted by molar-refractivity contribution is -0.146. The molecule has 0 aromatic rings. The molecular formula is C11H16O3. The fourth-order valence-corrected chi connectivity index (χ4v) is 1.95. The molecule has 3 nitrogen and oxygen atoms in total. The highest BCUT2D eigenvalue weighted by Crippen LogP contribution is 2.29. The first kappa shape index (κ1) is 11.0. The van der Waals surface area contributed by atoms with Crippen LogP contribution in [0.15, 0.2) is 12.2 Å². The molecule has 1 saturated carbocycles. The van der Waals surface area contributed by atoms with Crippen LogP contribution in [0, 0.1) is 11.8 Å². The smallest absolute Gasteiger partial charge is 0.376 e. The first-order valence-electron chi connectivity index (χ1n) is 5.05. The molecule has 0 heterocycles. The minimum absolute atomic E-state index is 0.391. The minimum atomic E-state index is -1.37. The van der Waals surface area contributed by atoms with Gasteiger partial charge in [-0.1, -0.05) is 25.8 Å². The predicted octanol–water partition coefficient (Wildman–Crippen LogP) is 2.02. The molecule has 1 aliphatic rings. The number of allylic oxidation sites excluding steroid dienone is 1. The van der Waals surface area contributed by atoms with Crippen molar-refractivity contribution in [3.05, 3.63) is 12.2 Å². The number of hydrogen-bond acceptors (Lipinski definition) is 2. The van der Waals surface area contributed by atoms with E-state index in [2.05, 4.69) is 6.92 Å². The molecule has 0 amide bonds. The van der Waals surface area contributed by atoms with E-state index in [1.165, 1.54) is 18.9 Å². The second-order valence-electron chi connectivity index (χ2n) is 4.06. The van der Waals surface area contributed by atoms with Crippen LogP contribution < -0.4 is 0 Å². The topological polar surface area (TPSA) is 54.4 Å². The lowest BCUT2D eigenvalue weighted by atomic mass is 9.82. The second kappa shape index (κ2) is 4.94. The normalized spacial score (nSPS) is 27.8. The Morgan fingerprint density at radius 1 is 1.36 bits per heavy atom. The summed E-state index contributed by atoms with van der Waals surface area (Å²) in [6, 6.07) is 0. The zero-order valence-corrected chi connectivity index (χ0v) is 8.40. The molecule has 1 aliphatic carbocycles. The average Bonchev–Trinajstić information content (AvgIpc) is 2.14. The van der Waals surface area contributed by atoms with Crippen molar-refractivity contribution in [1.29, 1.82) is 0 Å². The maximum absolute atomic E-state index is 10.8. The number of carboxylic acids is 1. The van der Waals surface area contributed by atoms with Gasteiger partial charge in [0.1, 0.15) is 0 Å². The van der Waals surface area contributed by atoms with Gasteiger partial charge in [-0.3, -0.25) is 4.79 Å². The zero-order chi connectivity index (χ0) is 10.6. The Morgan fingerprint density at radius 2 is 2.07 bits per heavy atom. The molecule has 0 aromatic carbocycles. The molecule has 2 atom stereocenters. The van der Waals surface area contributed by atoms with E-state index < -0.39 is 11.8 Å². The number of carbonyl (C=O) groups excluding carboxylic acids is 1. The van der Waals surface area contributed by atoms with Crippen LogP contribution in [0.25, 0.3) is 0 Å². The van der Waals surface area contributed by atoms with Crippen LogP contribution in [0.3, 0.4) is 0 Å². The summed E-state index contributed by atoms with van der Waals surface area (Å²) in [7, 11) is 0. The Kier molecular flexibility index (Phi) is 3.86. The Balaban J connectivity index is 2.43. The third kappa shape index (κ3) is 3.32. The van der Waals surface area contributed by atoms with Gasteiger partial charge in [0.2, 0.25) is 0 Å². The van der Waals surface area contributed by atoms with Gasteiger partial charge < -0.3 is 5.11 Å². The third-order valence-electron chi connectivity index (χ3n) is 2.71. The van der Waals surface area contributed by atoms with E-state index in [1.54, 1.807) is 6.08 Å². The van der Waals surface area contributed by atoms with E-state index in [4.69, 9.17) is 5.11 Å². The first-order valence-corrected chi connectivity index (χ1v) is 5.05. The molecule has 3 heteroatoms. The van der Waals surface area contributed by atoms with Gasteiger partial charge in [0, 0.05) is 0 Å². The quantitative estimate of drug-likeness (QED) is 0.555. The van der Waals surface area contributed by atoms with Gasteiger partial charge in [-0.25, -0.2) is 4.79 Å². The largest absolute Gasteiger partial charge is 0.475 e. The van der Waals surface area contributed by atoms with Crippen LogP contribution in [-0.2, 0) is 9.59 Å². The van der Waals surface area contributed by atoms with Crippen molar-refractivity contribution in [1.82, 2.24) is 0 Å². The summed E-state index contributed by atoms with van der Waals surface area (Å²) < 4.78 is 0. The summed E-state index contributed by atoms with van der Waals surface area (Å²) in [5.41, 5.74) is 0. The highest BCUT2D eigenvalue weighted by atomic mass is 16.4. The van der Waals surface area contributed by atoms with Gasteiger partial charge in [-0.05, 0) is 30.8 Å². The molecule has 0 saturated heterocycles. The van der Waals surface area contributed by atoms with Crippen LogP contribution in [0.5, 0.6) is 0 Å². The van der Waals surface area contributed by atoms with Crippen molar-refractivity contribution < 1.29 is 14.7 Å². The Bertz CT molecular complexity index is 255. The van der Waals surface area contributed by atoms with Crippen LogP contribution in [0.1, 0.15) is 32.6 Å². The lowest BCUT2D eigenvalue weighted by Crippen LogP contribution is -2.13. The number of aliphatic carboxylic acids is 1. The van der Waals surface area contributed by atoms with Crippen LogP contribution in [0.4, 0.5) is 0 Å². The average molecular weight is 196 g/mol. The maximum Gasteiger partial charge on any atom is 0.376 e. The molecule has 14 heavy (non-hydrogen) atoms. The highest BCUT2D eigenvalue weighted by molar-refractivity contribution is 6.37. The summed E-state index contributed by atoms with van der Waals surface area (Å²) in [5, 5.41) is 8.36. The Hall–Kier alpha value is -1.12. The molecule has 0 radical (unpaired) electrons. The summed E-state index contributed by atoms with van der Waals surface area (Å²) in [6.45, 7) is 2.19. The van der Waals surface area contributed by atoms with Gasteiger partial charge in [0.05, 0.1) is 0 Å². The van der Waals surface area contributed by atoms with Gasteiger partial charge in [-0.15, -0.1) is 0 Å². The summed E-state index contributed by atoms with van der Waals surface area (Å²) in [6.07, 6.45) is 7.53. The number of hydrogen-bond donors (Lipinski definition) is 1. The van der Waals surface area contributed by atoms with E-state index in [1.807, 2.05) is 0 Å². The summed E-state index contributed by atoms with van der Waals surface area (Å²) >= 11 is 0. The summed E-state index contributed by atoms with van der Waals surface area (Å²) in [4.78, 5) is 21.0. The Labute approximate surface area is 83.8 Å². The number of rotatable bonds is 3. The molecule has 0 bridgehead atoms. The van der Waals surface area contributed by atoms with Crippen molar-refractivity contribution in [2.75, 3.05) is 0 Å². The second-order valence-corrected chi connectivity index (χ2v) is 4.06. The standard InChI is InChI=1S/C11H16O3/c1-8-3-2-4-9(7-8)5-6-10(12)11(13)14/h5-6,8-9H,2-4,7H2,1H3,(H,13,14)/b6-5+. The van der Waals surface area contributed by atoms with Crippen LogP contribution in [0.2, 0.25) is 0 Å². The predicted molar refractivity (Wildman–Crippen MR) is 52.9 cm³/mol. The van der Waals surface area contributed by atoms with Gasteiger partial charge in [0.25, 0.3) is 5.78 Å². The number of carboxylic acid groups (broad SMARTS) is 1. The molecule has 2 unspecified atom stereocenters. The van der Waals surface area contributed by atoms with Gasteiger partial charge in [-0.2, -0.15) is 0 Å². The monoisotopic (exact) mass is 196 g/mol. The van der Waals surface area contributed by atoms with E-state index in [0.29, 0.717) is 11.8 Å².